The maximum absolute atomic E-state index is 14.5. The lowest BCUT2D eigenvalue weighted by Gasteiger charge is -2.08. The molecule has 0 saturated heterocycles. The minimum atomic E-state index is -0.684. The Hall–Kier alpha value is -3.85. The summed E-state index contributed by atoms with van der Waals surface area (Å²) in [5.74, 6) is -0.458. The Morgan fingerprint density at radius 2 is 1.91 bits per heavy atom. The molecule has 0 atom stereocenters. The Bertz CT molecular complexity index is 1300. The van der Waals surface area contributed by atoms with Crippen molar-refractivity contribution in [1.29, 1.82) is 0 Å². The van der Waals surface area contributed by atoms with Crippen molar-refractivity contribution in [2.75, 3.05) is 0 Å². The van der Waals surface area contributed by atoms with E-state index < -0.39 is 11.6 Å². The van der Waals surface area contributed by atoms with Gasteiger partial charge >= 0.3 is 0 Å². The fourth-order valence-corrected chi connectivity index (χ4v) is 3.53. The normalized spacial score (nSPS) is 11.4. The van der Waals surface area contributed by atoms with E-state index in [1.165, 1.54) is 30.5 Å². The van der Waals surface area contributed by atoms with E-state index in [2.05, 4.69) is 9.97 Å². The number of nitrogens with zero attached hydrogens (tertiary/aromatic N) is 3. The van der Waals surface area contributed by atoms with Crippen molar-refractivity contribution in [3.63, 3.8) is 0 Å². The van der Waals surface area contributed by atoms with Gasteiger partial charge < -0.3 is 18.8 Å². The molecule has 35 heavy (non-hydrogen) atoms. The summed E-state index contributed by atoms with van der Waals surface area (Å²) in [6, 6.07) is 8.03. The zero-order chi connectivity index (χ0) is 24.6. The largest absolute Gasteiger partial charge is 0.487 e. The molecule has 0 aliphatic rings. The molecule has 182 valence electrons. The molecule has 0 unspecified atom stereocenters. The Morgan fingerprint density at radius 1 is 1.03 bits per heavy atom. The number of aryl methyl sites for hydroxylation is 2. The molecule has 0 fully saturated rings. The van der Waals surface area contributed by atoms with E-state index in [4.69, 9.17) is 9.15 Å². The summed E-state index contributed by atoms with van der Waals surface area (Å²) < 4.78 is 54.0. The summed E-state index contributed by atoms with van der Waals surface area (Å²) >= 11 is 0. The first kappa shape index (κ1) is 24.3. The van der Waals surface area contributed by atoms with Crippen LogP contribution in [0.5, 0.6) is 5.75 Å². The van der Waals surface area contributed by atoms with E-state index in [1.54, 1.807) is 18.3 Å². The van der Waals surface area contributed by atoms with E-state index in [1.807, 2.05) is 10.8 Å². The molecule has 0 aliphatic carbocycles. The van der Waals surface area contributed by atoms with E-state index >= 15 is 0 Å². The van der Waals surface area contributed by atoms with Gasteiger partial charge in [-0.1, -0.05) is 6.07 Å². The lowest BCUT2D eigenvalue weighted by Crippen LogP contribution is -2.03. The van der Waals surface area contributed by atoms with Gasteiger partial charge in [-0.3, -0.25) is 0 Å². The van der Waals surface area contributed by atoms with Crippen LogP contribution in [0, 0.1) is 17.5 Å². The zero-order valence-corrected chi connectivity index (χ0v) is 18.8. The summed E-state index contributed by atoms with van der Waals surface area (Å²) in [4.78, 5) is 8.28. The molecule has 0 spiro atoms. The van der Waals surface area contributed by atoms with Gasteiger partial charge in [0.2, 0.25) is 5.89 Å². The Morgan fingerprint density at radius 3 is 2.71 bits per heavy atom. The quantitative estimate of drug-likeness (QED) is 0.283. The van der Waals surface area contributed by atoms with Crippen molar-refractivity contribution < 1.29 is 27.4 Å². The molecule has 0 radical (unpaired) electrons. The van der Waals surface area contributed by atoms with Gasteiger partial charge in [-0.2, -0.15) is 0 Å². The van der Waals surface area contributed by atoms with Gasteiger partial charge in [-0.15, -0.1) is 0 Å². The molecule has 1 N–H and O–H groups in total. The van der Waals surface area contributed by atoms with Gasteiger partial charge in [0.25, 0.3) is 0 Å². The van der Waals surface area contributed by atoms with Gasteiger partial charge in [0.1, 0.15) is 54.2 Å². The molecule has 2 aromatic carbocycles. The molecule has 0 bridgehead atoms. The standard InChI is InChI=1S/C26H24F3N3O3/c27-20-7-4-19(23(28)13-20)6-9-26-31-21(17-35-26)16-34-22-8-5-18(24(29)14-22)3-1-2-11-32-12-10-30-25(32)15-33/h4-10,12-14,17,33H,1-3,11,15-16H2/b9-6+. The summed E-state index contributed by atoms with van der Waals surface area (Å²) in [6.45, 7) is 0.678. The maximum atomic E-state index is 14.5. The smallest absolute Gasteiger partial charge is 0.218 e. The van der Waals surface area contributed by atoms with E-state index in [-0.39, 0.29) is 30.5 Å². The predicted molar refractivity (Wildman–Crippen MR) is 124 cm³/mol. The number of hydrogen-bond acceptors (Lipinski definition) is 5. The van der Waals surface area contributed by atoms with Crippen LogP contribution in [-0.2, 0) is 26.2 Å². The topological polar surface area (TPSA) is 73.3 Å². The number of aliphatic hydroxyl groups is 1. The number of halogens is 3. The number of oxazole rings is 1. The van der Waals surface area contributed by atoms with E-state index in [9.17, 15) is 18.3 Å². The molecular weight excluding hydrogens is 459 g/mol. The molecular formula is C26H24F3N3O3. The van der Waals surface area contributed by atoms with Crippen LogP contribution in [0.15, 0.2) is 59.5 Å². The third-order valence-electron chi connectivity index (χ3n) is 5.39. The van der Waals surface area contributed by atoms with Crippen molar-refractivity contribution in [1.82, 2.24) is 14.5 Å². The van der Waals surface area contributed by atoms with Crippen LogP contribution in [0.2, 0.25) is 0 Å². The van der Waals surface area contributed by atoms with E-state index in [0.717, 1.165) is 25.0 Å². The first-order valence-corrected chi connectivity index (χ1v) is 11.1. The fourth-order valence-electron chi connectivity index (χ4n) is 3.53. The highest BCUT2D eigenvalue weighted by Crippen LogP contribution is 2.20. The highest BCUT2D eigenvalue weighted by Gasteiger charge is 2.08. The summed E-state index contributed by atoms with van der Waals surface area (Å²) in [5, 5.41) is 9.23. The average Bonchev–Trinajstić information content (AvgIpc) is 3.50. The number of aromatic nitrogens is 3. The molecule has 0 saturated carbocycles. The third-order valence-corrected chi connectivity index (χ3v) is 5.39. The van der Waals surface area contributed by atoms with Crippen LogP contribution >= 0.6 is 0 Å². The Balaban J connectivity index is 1.25. The minimum absolute atomic E-state index is 0.0686. The summed E-state index contributed by atoms with van der Waals surface area (Å²) in [5.41, 5.74) is 1.29. The third kappa shape index (κ3) is 6.60. The molecule has 6 nitrogen and oxygen atoms in total. The fraction of sp³-hybridized carbons (Fsp3) is 0.231. The van der Waals surface area contributed by atoms with Gasteiger partial charge in [0, 0.05) is 42.7 Å². The molecule has 2 aromatic heterocycles. The monoisotopic (exact) mass is 483 g/mol. The van der Waals surface area contributed by atoms with Crippen molar-refractivity contribution in [3.05, 3.63) is 101 Å². The van der Waals surface area contributed by atoms with Crippen LogP contribution < -0.4 is 4.74 Å². The van der Waals surface area contributed by atoms with Crippen LogP contribution in [-0.4, -0.2) is 19.6 Å². The lowest BCUT2D eigenvalue weighted by molar-refractivity contribution is 0.264. The van der Waals surface area contributed by atoms with Crippen LogP contribution in [0.1, 0.15) is 41.4 Å². The van der Waals surface area contributed by atoms with Crippen molar-refractivity contribution in [3.8, 4) is 5.75 Å². The number of benzene rings is 2. The summed E-state index contributed by atoms with van der Waals surface area (Å²) in [6.07, 6.45) is 9.96. The second kappa shape index (κ2) is 11.5. The maximum Gasteiger partial charge on any atom is 0.218 e. The Kier molecular flexibility index (Phi) is 7.99. The molecule has 4 rings (SSSR count). The number of ether oxygens (including phenoxy) is 1. The molecule has 9 heteroatoms. The van der Waals surface area contributed by atoms with Crippen LogP contribution in [0.3, 0.4) is 0 Å². The summed E-state index contributed by atoms with van der Waals surface area (Å²) in [7, 11) is 0. The zero-order valence-electron chi connectivity index (χ0n) is 18.8. The number of imidazole rings is 1. The first-order valence-electron chi connectivity index (χ1n) is 11.1. The predicted octanol–water partition coefficient (Wildman–Crippen LogP) is 5.55. The van der Waals surface area contributed by atoms with Crippen molar-refractivity contribution >= 4 is 12.2 Å². The SMILES string of the molecule is OCc1nccn1CCCCc1ccc(OCc2coc(/C=C/c3ccc(F)cc3F)n2)cc1F. The lowest BCUT2D eigenvalue weighted by atomic mass is 10.1. The molecule has 2 heterocycles. The second-order valence-corrected chi connectivity index (χ2v) is 7.87. The van der Waals surface area contributed by atoms with Gasteiger partial charge in [-0.25, -0.2) is 23.1 Å². The average molecular weight is 483 g/mol. The number of unbranched alkanes of at least 4 members (excludes halogenated alkanes) is 1. The van der Waals surface area contributed by atoms with Crippen molar-refractivity contribution in [2.24, 2.45) is 0 Å². The number of rotatable bonds is 11. The number of aliphatic hydroxyl groups excluding tert-OH is 1. The highest BCUT2D eigenvalue weighted by molar-refractivity contribution is 5.66. The highest BCUT2D eigenvalue weighted by atomic mass is 19.1. The molecule has 0 aliphatic heterocycles. The Labute approximate surface area is 200 Å². The van der Waals surface area contributed by atoms with Crippen LogP contribution in [0.4, 0.5) is 13.2 Å². The minimum Gasteiger partial charge on any atom is -0.487 e. The van der Waals surface area contributed by atoms with Gasteiger partial charge in [0.05, 0.1) is 0 Å². The molecule has 0 amide bonds. The van der Waals surface area contributed by atoms with E-state index in [0.29, 0.717) is 35.8 Å². The molecule has 4 aromatic rings. The van der Waals surface area contributed by atoms with Crippen molar-refractivity contribution in [2.45, 2.75) is 39.0 Å². The number of hydrogen-bond donors (Lipinski definition) is 1. The first-order chi connectivity index (χ1) is 17.0. The van der Waals surface area contributed by atoms with Gasteiger partial charge in [-0.05, 0) is 49.1 Å². The second-order valence-electron chi connectivity index (χ2n) is 7.87. The van der Waals surface area contributed by atoms with Crippen LogP contribution in [0.25, 0.3) is 12.2 Å². The van der Waals surface area contributed by atoms with Gasteiger partial charge in [0.15, 0.2) is 0 Å².